The highest BCUT2D eigenvalue weighted by Gasteiger charge is 2.36. The van der Waals surface area contributed by atoms with Crippen molar-refractivity contribution in [3.8, 4) is 11.1 Å². The Bertz CT molecular complexity index is 1330. The van der Waals surface area contributed by atoms with E-state index in [9.17, 15) is 0 Å². The van der Waals surface area contributed by atoms with Gasteiger partial charge in [-0.1, -0.05) is 12.1 Å². The van der Waals surface area contributed by atoms with Crippen molar-refractivity contribution in [1.29, 1.82) is 0 Å². The van der Waals surface area contributed by atoms with E-state index < -0.39 is 5.54 Å². The molecule has 1 saturated heterocycles. The Balaban J connectivity index is 1.31. The van der Waals surface area contributed by atoms with Crippen LogP contribution in [0.25, 0.3) is 33.2 Å². The fraction of sp³-hybridized carbons (Fsp3) is 0.227. The molecule has 0 saturated carbocycles. The molecule has 8 nitrogen and oxygen atoms in total. The summed E-state index contributed by atoms with van der Waals surface area (Å²) in [7, 11) is 0. The van der Waals surface area contributed by atoms with Gasteiger partial charge in [-0.25, -0.2) is 15.0 Å². The third-order valence-electron chi connectivity index (χ3n) is 6.10. The Morgan fingerprint density at radius 2 is 2.00 bits per heavy atom. The number of furan rings is 1. The van der Waals surface area contributed by atoms with E-state index in [1.807, 2.05) is 30.5 Å². The summed E-state index contributed by atoms with van der Waals surface area (Å²) in [5.41, 5.74) is 11.2. The molecule has 0 amide bonds. The second-order valence-corrected chi connectivity index (χ2v) is 7.88. The molecule has 6 rings (SSSR count). The van der Waals surface area contributed by atoms with Crippen LogP contribution in [0.5, 0.6) is 0 Å². The van der Waals surface area contributed by atoms with Crippen LogP contribution in [0.1, 0.15) is 18.7 Å². The van der Waals surface area contributed by atoms with E-state index in [4.69, 9.17) is 15.1 Å². The molecule has 8 heteroatoms. The van der Waals surface area contributed by atoms with Gasteiger partial charge in [0.05, 0.1) is 34.5 Å². The summed E-state index contributed by atoms with van der Waals surface area (Å²) >= 11 is 0. The van der Waals surface area contributed by atoms with Crippen molar-refractivity contribution in [3.05, 3.63) is 61.2 Å². The Hall–Kier alpha value is -3.65. The molecule has 0 unspecified atom stereocenters. The van der Waals surface area contributed by atoms with Crippen molar-refractivity contribution in [2.24, 2.45) is 5.73 Å². The number of nitrogens with zero attached hydrogens (tertiary/aromatic N) is 4. The standard InChI is InChI=1S/C22H21N7O/c23-22(6-9-29(10-7-22)20-16-4-8-24-19(16)25-13-26-20)21-27-17-3-1-2-15(18(17)28-21)14-5-11-30-12-14/h1-5,8,11-13H,6-7,9-10,23H2,(H,27,28)(H,24,25,26). The van der Waals surface area contributed by atoms with E-state index in [-0.39, 0.29) is 0 Å². The summed E-state index contributed by atoms with van der Waals surface area (Å²) in [5, 5.41) is 1.04. The molecule has 0 atom stereocenters. The molecule has 4 N–H and O–H groups in total. The lowest BCUT2D eigenvalue weighted by atomic mass is 9.88. The van der Waals surface area contributed by atoms with Crippen LogP contribution in [-0.4, -0.2) is 38.0 Å². The fourth-order valence-corrected chi connectivity index (χ4v) is 4.38. The maximum absolute atomic E-state index is 6.87. The molecule has 1 fully saturated rings. The number of nitrogens with two attached hydrogens (primary N) is 1. The Kier molecular flexibility index (Phi) is 3.69. The minimum atomic E-state index is -0.506. The lowest BCUT2D eigenvalue weighted by molar-refractivity contribution is 0.327. The largest absolute Gasteiger partial charge is 0.472 e. The normalized spacial score (nSPS) is 16.5. The van der Waals surface area contributed by atoms with Crippen LogP contribution in [-0.2, 0) is 5.54 Å². The van der Waals surface area contributed by atoms with Gasteiger partial charge < -0.3 is 25.0 Å². The van der Waals surface area contributed by atoms with Crippen molar-refractivity contribution in [2.45, 2.75) is 18.4 Å². The van der Waals surface area contributed by atoms with E-state index >= 15 is 0 Å². The van der Waals surface area contributed by atoms with Crippen molar-refractivity contribution < 1.29 is 4.42 Å². The first-order chi connectivity index (χ1) is 14.7. The number of hydrogen-bond acceptors (Lipinski definition) is 6. The van der Waals surface area contributed by atoms with Crippen LogP contribution < -0.4 is 10.6 Å². The number of benzene rings is 1. The lowest BCUT2D eigenvalue weighted by Crippen LogP contribution is -2.49. The number of aromatic nitrogens is 5. The van der Waals surface area contributed by atoms with Gasteiger partial charge in [-0.2, -0.15) is 0 Å². The number of rotatable bonds is 3. The Morgan fingerprint density at radius 3 is 2.83 bits per heavy atom. The molecule has 0 spiro atoms. The van der Waals surface area contributed by atoms with Crippen LogP contribution in [0.2, 0.25) is 0 Å². The number of hydrogen-bond donors (Lipinski definition) is 3. The third kappa shape index (κ3) is 2.61. The highest BCUT2D eigenvalue weighted by molar-refractivity contribution is 5.92. The minimum absolute atomic E-state index is 0.506. The molecule has 5 aromatic rings. The average molecular weight is 399 g/mol. The van der Waals surface area contributed by atoms with Crippen molar-refractivity contribution in [3.63, 3.8) is 0 Å². The van der Waals surface area contributed by atoms with Gasteiger partial charge in [-0.15, -0.1) is 0 Å². The first-order valence-corrected chi connectivity index (χ1v) is 10.0. The van der Waals surface area contributed by atoms with Gasteiger partial charge in [0.25, 0.3) is 0 Å². The molecular weight excluding hydrogens is 378 g/mol. The zero-order valence-electron chi connectivity index (χ0n) is 16.3. The van der Waals surface area contributed by atoms with E-state index in [1.165, 1.54) is 0 Å². The summed E-state index contributed by atoms with van der Waals surface area (Å²) < 4.78 is 5.26. The summed E-state index contributed by atoms with van der Waals surface area (Å²) in [6, 6.07) is 10.1. The predicted octanol–water partition coefficient (Wildman–Crippen LogP) is 3.55. The smallest absolute Gasteiger partial charge is 0.142 e. The highest BCUT2D eigenvalue weighted by Crippen LogP contribution is 2.35. The van der Waals surface area contributed by atoms with Crippen LogP contribution in [0.15, 0.2) is 59.8 Å². The fourth-order valence-electron chi connectivity index (χ4n) is 4.38. The quantitative estimate of drug-likeness (QED) is 0.428. The second kappa shape index (κ2) is 6.43. The summed E-state index contributed by atoms with van der Waals surface area (Å²) in [6.45, 7) is 1.61. The minimum Gasteiger partial charge on any atom is -0.472 e. The van der Waals surface area contributed by atoms with Crippen LogP contribution >= 0.6 is 0 Å². The average Bonchev–Trinajstić information content (AvgIpc) is 3.54. The van der Waals surface area contributed by atoms with E-state index in [0.717, 1.165) is 70.8 Å². The first kappa shape index (κ1) is 17.2. The molecule has 150 valence electrons. The molecular formula is C22H21N7O. The van der Waals surface area contributed by atoms with Gasteiger partial charge in [-0.3, -0.25) is 0 Å². The number of H-pyrrole nitrogens is 2. The molecule has 30 heavy (non-hydrogen) atoms. The van der Waals surface area contributed by atoms with Gasteiger partial charge >= 0.3 is 0 Å². The van der Waals surface area contributed by atoms with Crippen LogP contribution in [0.4, 0.5) is 5.82 Å². The number of nitrogens with one attached hydrogen (secondary N) is 2. The SMILES string of the molecule is NC1(c2nc3c(-c4ccoc4)cccc3[nH]2)CCN(c2ncnc3[nH]ccc23)CC1. The summed E-state index contributed by atoms with van der Waals surface area (Å²) in [5.74, 6) is 1.79. The molecule has 1 aromatic carbocycles. The van der Waals surface area contributed by atoms with E-state index in [0.29, 0.717) is 0 Å². The zero-order valence-corrected chi connectivity index (χ0v) is 16.3. The first-order valence-electron chi connectivity index (χ1n) is 10.0. The van der Waals surface area contributed by atoms with Crippen molar-refractivity contribution >= 4 is 27.9 Å². The van der Waals surface area contributed by atoms with Crippen LogP contribution in [0.3, 0.4) is 0 Å². The van der Waals surface area contributed by atoms with Crippen molar-refractivity contribution in [1.82, 2.24) is 24.9 Å². The number of piperidine rings is 1. The second-order valence-electron chi connectivity index (χ2n) is 7.88. The number of aromatic amines is 2. The molecule has 5 heterocycles. The van der Waals surface area contributed by atoms with Gasteiger partial charge in [0.15, 0.2) is 0 Å². The van der Waals surface area contributed by atoms with Gasteiger partial charge in [0.2, 0.25) is 0 Å². The maximum atomic E-state index is 6.87. The molecule has 0 aliphatic carbocycles. The predicted molar refractivity (Wildman–Crippen MR) is 115 cm³/mol. The third-order valence-corrected chi connectivity index (χ3v) is 6.10. The molecule has 1 aliphatic rings. The number of anilines is 1. The van der Waals surface area contributed by atoms with E-state index in [2.05, 4.69) is 30.9 Å². The van der Waals surface area contributed by atoms with Crippen LogP contribution in [0, 0.1) is 0 Å². The number of imidazole rings is 1. The monoisotopic (exact) mass is 399 g/mol. The lowest BCUT2D eigenvalue weighted by Gasteiger charge is -2.38. The van der Waals surface area contributed by atoms with Gasteiger partial charge in [-0.05, 0) is 31.0 Å². The zero-order chi connectivity index (χ0) is 20.1. The van der Waals surface area contributed by atoms with E-state index in [1.54, 1.807) is 18.9 Å². The molecule has 4 aromatic heterocycles. The number of fused-ring (bicyclic) bond motifs is 2. The summed E-state index contributed by atoms with van der Waals surface area (Å²) in [6.07, 6.45) is 8.48. The Morgan fingerprint density at radius 1 is 1.10 bits per heavy atom. The van der Waals surface area contributed by atoms with Gasteiger partial charge in [0, 0.05) is 30.4 Å². The van der Waals surface area contributed by atoms with Gasteiger partial charge in [0.1, 0.15) is 23.6 Å². The highest BCUT2D eigenvalue weighted by atomic mass is 16.3. The number of para-hydroxylation sites is 1. The Labute approximate surface area is 172 Å². The topological polar surface area (TPSA) is 113 Å². The summed E-state index contributed by atoms with van der Waals surface area (Å²) in [4.78, 5) is 22.6. The van der Waals surface area contributed by atoms with Crippen molar-refractivity contribution in [2.75, 3.05) is 18.0 Å². The maximum Gasteiger partial charge on any atom is 0.142 e. The molecule has 1 aliphatic heterocycles. The molecule has 0 bridgehead atoms. The molecule has 0 radical (unpaired) electrons.